The lowest BCUT2D eigenvalue weighted by Gasteiger charge is -2.46. The highest BCUT2D eigenvalue weighted by atomic mass is 19.4. The van der Waals surface area contributed by atoms with Crippen molar-refractivity contribution in [2.75, 3.05) is 13.1 Å². The first-order valence-corrected chi connectivity index (χ1v) is 10.3. The van der Waals surface area contributed by atoms with Crippen molar-refractivity contribution >= 4 is 12.0 Å². The fourth-order valence-electron chi connectivity index (χ4n) is 3.88. The second-order valence-electron chi connectivity index (χ2n) is 9.16. The molecule has 0 bridgehead atoms. The number of benzene rings is 1. The highest BCUT2D eigenvalue weighted by molar-refractivity contribution is 5.87. The molecule has 1 aliphatic heterocycles. The van der Waals surface area contributed by atoms with Gasteiger partial charge in [0.05, 0.1) is 0 Å². The lowest BCUT2D eigenvalue weighted by molar-refractivity contribution is -0.179. The smallest absolute Gasteiger partial charge is 0.411 e. The summed E-state index contributed by atoms with van der Waals surface area (Å²) in [6, 6.07) is -2.93. The van der Waals surface area contributed by atoms with Gasteiger partial charge in [0.25, 0.3) is 0 Å². The maximum Gasteiger partial charge on any atom is 0.411 e. The van der Waals surface area contributed by atoms with E-state index in [1.165, 1.54) is 20.8 Å². The number of halogens is 9. The largest absolute Gasteiger partial charge is 0.444 e. The van der Waals surface area contributed by atoms with Gasteiger partial charge >= 0.3 is 18.4 Å². The summed E-state index contributed by atoms with van der Waals surface area (Å²) in [5.41, 5.74) is -2.39. The summed E-state index contributed by atoms with van der Waals surface area (Å²) in [4.78, 5) is 25.5. The quantitative estimate of drug-likeness (QED) is 0.386. The zero-order valence-electron chi connectivity index (χ0n) is 19.0. The Bertz CT molecular complexity index is 957. The summed E-state index contributed by atoms with van der Waals surface area (Å²) in [5, 5.41) is 0. The number of ether oxygens (including phenoxy) is 1. The standard InChI is InChI=1S/C21H23F9N2O3/c1-10-11(15-12(22)5-6-13(23)16(15)24)7-14(17(33)31(10)8-20(25,26)27)32(9-21(28,29)30)18(34)35-19(2,3)4/h5-6,10-11,14H,7-9H2,1-4H3/t10-,11-,14+/m1/s1. The van der Waals surface area contributed by atoms with Gasteiger partial charge in [-0.2, -0.15) is 26.3 Å². The van der Waals surface area contributed by atoms with Crippen LogP contribution in [0.25, 0.3) is 0 Å². The van der Waals surface area contributed by atoms with Gasteiger partial charge in [-0.25, -0.2) is 18.0 Å². The summed E-state index contributed by atoms with van der Waals surface area (Å²) in [5.74, 6) is -7.95. The van der Waals surface area contributed by atoms with Crippen molar-refractivity contribution in [3.8, 4) is 0 Å². The average Bonchev–Trinajstić information content (AvgIpc) is 2.65. The van der Waals surface area contributed by atoms with Crippen molar-refractivity contribution in [3.63, 3.8) is 0 Å². The Labute approximate surface area is 194 Å². The molecule has 1 saturated heterocycles. The van der Waals surface area contributed by atoms with Crippen molar-refractivity contribution in [1.29, 1.82) is 0 Å². The van der Waals surface area contributed by atoms with E-state index in [1.54, 1.807) is 0 Å². The van der Waals surface area contributed by atoms with Crippen LogP contribution in [0.1, 0.15) is 45.6 Å². The molecular weight excluding hydrogens is 499 g/mol. The molecule has 198 valence electrons. The van der Waals surface area contributed by atoms with Gasteiger partial charge in [0.1, 0.15) is 30.5 Å². The van der Waals surface area contributed by atoms with E-state index in [2.05, 4.69) is 0 Å². The molecule has 5 nitrogen and oxygen atoms in total. The topological polar surface area (TPSA) is 49.9 Å². The van der Waals surface area contributed by atoms with Crippen molar-refractivity contribution in [1.82, 2.24) is 9.80 Å². The van der Waals surface area contributed by atoms with E-state index < -0.39 is 90.5 Å². The Balaban J connectivity index is 2.65. The van der Waals surface area contributed by atoms with Crippen LogP contribution in [0, 0.1) is 17.5 Å². The summed E-state index contributed by atoms with van der Waals surface area (Å²) in [6.07, 6.45) is -12.7. The molecule has 1 fully saturated rings. The first-order valence-electron chi connectivity index (χ1n) is 10.3. The molecule has 1 aliphatic rings. The first kappa shape index (κ1) is 28.6. The number of piperidine rings is 1. The molecule has 1 heterocycles. The van der Waals surface area contributed by atoms with Gasteiger partial charge in [0.15, 0.2) is 11.6 Å². The second kappa shape index (κ2) is 9.76. The Morgan fingerprint density at radius 3 is 2.06 bits per heavy atom. The van der Waals surface area contributed by atoms with Gasteiger partial charge < -0.3 is 9.64 Å². The van der Waals surface area contributed by atoms with Crippen LogP contribution >= 0.6 is 0 Å². The van der Waals surface area contributed by atoms with Crippen molar-refractivity contribution in [2.24, 2.45) is 0 Å². The third kappa shape index (κ3) is 7.17. The van der Waals surface area contributed by atoms with Gasteiger partial charge in [-0.1, -0.05) is 0 Å². The number of rotatable bonds is 4. The van der Waals surface area contributed by atoms with E-state index in [0.29, 0.717) is 12.1 Å². The normalized spacial score (nSPS) is 21.8. The molecule has 1 aromatic rings. The highest BCUT2D eigenvalue weighted by Crippen LogP contribution is 2.40. The van der Waals surface area contributed by atoms with E-state index in [0.717, 1.165) is 6.92 Å². The van der Waals surface area contributed by atoms with Crippen LogP contribution in [0.3, 0.4) is 0 Å². The van der Waals surface area contributed by atoms with Crippen molar-refractivity contribution < 1.29 is 53.8 Å². The molecule has 0 spiro atoms. The molecule has 0 unspecified atom stereocenters. The third-order valence-electron chi connectivity index (χ3n) is 5.27. The monoisotopic (exact) mass is 522 g/mol. The zero-order valence-corrected chi connectivity index (χ0v) is 19.0. The molecule has 35 heavy (non-hydrogen) atoms. The number of hydrogen-bond acceptors (Lipinski definition) is 3. The van der Waals surface area contributed by atoms with Crippen molar-refractivity contribution in [3.05, 3.63) is 35.1 Å². The average molecular weight is 522 g/mol. The minimum Gasteiger partial charge on any atom is -0.444 e. The number of amides is 2. The summed E-state index contributed by atoms with van der Waals surface area (Å²) >= 11 is 0. The van der Waals surface area contributed by atoms with Crippen LogP contribution in [0.15, 0.2) is 12.1 Å². The SMILES string of the molecule is C[C@@H]1[C@H](c2c(F)ccc(F)c2F)C[C@H](N(CC(F)(F)F)C(=O)OC(C)(C)C)C(=O)N1CC(F)(F)F. The molecule has 14 heteroatoms. The Morgan fingerprint density at radius 1 is 1.03 bits per heavy atom. The molecule has 2 amide bonds. The molecule has 0 radical (unpaired) electrons. The summed E-state index contributed by atoms with van der Waals surface area (Å²) in [7, 11) is 0. The van der Waals surface area contributed by atoms with Gasteiger partial charge in [-0.15, -0.1) is 0 Å². The zero-order chi connectivity index (χ0) is 27.1. The predicted molar refractivity (Wildman–Crippen MR) is 104 cm³/mol. The molecule has 0 aromatic heterocycles. The van der Waals surface area contributed by atoms with Gasteiger partial charge in [0, 0.05) is 17.5 Å². The van der Waals surface area contributed by atoms with E-state index in [1.807, 2.05) is 0 Å². The number of nitrogens with zero attached hydrogens (tertiary/aromatic N) is 2. The fourth-order valence-corrected chi connectivity index (χ4v) is 3.88. The number of carbonyl (C=O) groups excluding carboxylic acids is 2. The molecule has 0 saturated carbocycles. The number of alkyl halides is 6. The fraction of sp³-hybridized carbons (Fsp3) is 0.619. The maximum absolute atomic E-state index is 14.5. The van der Waals surface area contributed by atoms with E-state index >= 15 is 0 Å². The number of likely N-dealkylation sites (tertiary alicyclic amines) is 1. The first-order chi connectivity index (χ1) is 15.7. The minimum atomic E-state index is -5.11. The summed E-state index contributed by atoms with van der Waals surface area (Å²) < 4.78 is 127. The minimum absolute atomic E-state index is 0.0797. The molecule has 3 atom stereocenters. The van der Waals surface area contributed by atoms with Crippen molar-refractivity contribution in [2.45, 2.75) is 70.1 Å². The Hall–Kier alpha value is -2.67. The number of hydrogen-bond donors (Lipinski definition) is 0. The lowest BCUT2D eigenvalue weighted by Crippen LogP contribution is -2.62. The second-order valence-corrected chi connectivity index (χ2v) is 9.16. The van der Waals surface area contributed by atoms with Crippen LogP contribution < -0.4 is 0 Å². The van der Waals surface area contributed by atoms with Crippen LogP contribution in [0.5, 0.6) is 0 Å². The van der Waals surface area contributed by atoms with Crippen LogP contribution in [-0.4, -0.2) is 64.9 Å². The highest BCUT2D eigenvalue weighted by Gasteiger charge is 2.51. The number of carbonyl (C=O) groups is 2. The third-order valence-corrected chi connectivity index (χ3v) is 5.27. The van der Waals surface area contributed by atoms with Crippen LogP contribution in [-0.2, 0) is 9.53 Å². The molecular formula is C21H23F9N2O3. The lowest BCUT2D eigenvalue weighted by atomic mass is 9.80. The molecule has 2 rings (SSSR count). The van der Waals surface area contributed by atoms with Crippen LogP contribution in [0.2, 0.25) is 0 Å². The predicted octanol–water partition coefficient (Wildman–Crippen LogP) is 5.54. The Morgan fingerprint density at radius 2 is 1.57 bits per heavy atom. The molecule has 0 aliphatic carbocycles. The maximum atomic E-state index is 14.5. The van der Waals surface area contributed by atoms with E-state index in [-0.39, 0.29) is 9.80 Å². The van der Waals surface area contributed by atoms with Gasteiger partial charge in [-0.05, 0) is 46.2 Å². The molecule has 1 aromatic carbocycles. The van der Waals surface area contributed by atoms with E-state index in [9.17, 15) is 49.1 Å². The van der Waals surface area contributed by atoms with E-state index in [4.69, 9.17) is 4.74 Å². The van der Waals surface area contributed by atoms with Gasteiger partial charge in [0.2, 0.25) is 5.91 Å². The van der Waals surface area contributed by atoms with Crippen LogP contribution in [0.4, 0.5) is 44.3 Å². The van der Waals surface area contributed by atoms with Gasteiger partial charge in [-0.3, -0.25) is 9.69 Å². The summed E-state index contributed by atoms with van der Waals surface area (Å²) in [6.45, 7) is 0.836. The molecule has 0 N–H and O–H groups in total. The Kier molecular flexibility index (Phi) is 7.97.